The van der Waals surface area contributed by atoms with Crippen molar-refractivity contribution in [2.24, 2.45) is 0 Å². The lowest BCUT2D eigenvalue weighted by Gasteiger charge is -2.32. The van der Waals surface area contributed by atoms with Crippen LogP contribution in [0.25, 0.3) is 27.6 Å². The molecule has 1 amide bonds. The predicted octanol–water partition coefficient (Wildman–Crippen LogP) is 6.72. The standard InChI is InChI=1S/C33H27F2N5O/c34-26-6-3-5-22(17-26)20-39-31-10-2-1-9-30(31)36-32(39)23-13-15-38(16-14-23)33(41)24-11-12-29-25(18-24)21-40(37-29)28-8-4-7-27(35)19-28/h1-12,17-19,21,23H,13-16,20H2. The Balaban J connectivity index is 1.10. The minimum atomic E-state index is -0.328. The lowest BCUT2D eigenvalue weighted by atomic mass is 9.95. The minimum absolute atomic E-state index is 0.0166. The second-order valence-electron chi connectivity index (χ2n) is 10.6. The summed E-state index contributed by atoms with van der Waals surface area (Å²) < 4.78 is 31.4. The maximum atomic E-state index is 13.9. The number of nitrogens with zero attached hydrogens (tertiary/aromatic N) is 5. The van der Waals surface area contributed by atoms with E-state index >= 15 is 0 Å². The van der Waals surface area contributed by atoms with Crippen LogP contribution >= 0.6 is 0 Å². The first kappa shape index (κ1) is 25.1. The Morgan fingerprint density at radius 3 is 2.41 bits per heavy atom. The van der Waals surface area contributed by atoms with E-state index < -0.39 is 0 Å². The van der Waals surface area contributed by atoms with Crippen LogP contribution in [0.2, 0.25) is 0 Å². The third-order valence-corrected chi connectivity index (χ3v) is 7.89. The van der Waals surface area contributed by atoms with Crippen LogP contribution in [0.5, 0.6) is 0 Å². The summed E-state index contributed by atoms with van der Waals surface area (Å²) in [5, 5.41) is 5.36. The van der Waals surface area contributed by atoms with Crippen molar-refractivity contribution in [3.05, 3.63) is 126 Å². The zero-order valence-electron chi connectivity index (χ0n) is 22.3. The molecule has 1 aliphatic heterocycles. The molecule has 0 spiro atoms. The van der Waals surface area contributed by atoms with Gasteiger partial charge in [0.2, 0.25) is 0 Å². The Labute approximate surface area is 235 Å². The van der Waals surface area contributed by atoms with E-state index in [0.717, 1.165) is 46.2 Å². The molecule has 0 unspecified atom stereocenters. The van der Waals surface area contributed by atoms with Crippen LogP contribution in [-0.4, -0.2) is 43.2 Å². The average Bonchev–Trinajstić information content (AvgIpc) is 3.58. The number of aromatic nitrogens is 4. The Morgan fingerprint density at radius 1 is 0.829 bits per heavy atom. The van der Waals surface area contributed by atoms with Gasteiger partial charge in [0.1, 0.15) is 17.5 Å². The Morgan fingerprint density at radius 2 is 1.61 bits per heavy atom. The second kappa shape index (κ2) is 10.3. The van der Waals surface area contributed by atoms with Crippen LogP contribution in [0, 0.1) is 11.6 Å². The monoisotopic (exact) mass is 547 g/mol. The van der Waals surface area contributed by atoms with Gasteiger partial charge in [-0.2, -0.15) is 5.10 Å². The molecule has 41 heavy (non-hydrogen) atoms. The van der Waals surface area contributed by atoms with Crippen LogP contribution in [0.15, 0.2) is 97.2 Å². The molecule has 0 aliphatic carbocycles. The van der Waals surface area contributed by atoms with Gasteiger partial charge in [0.25, 0.3) is 5.91 Å². The first-order valence-corrected chi connectivity index (χ1v) is 13.8. The quantitative estimate of drug-likeness (QED) is 0.241. The topological polar surface area (TPSA) is 56.0 Å². The molecule has 0 bridgehead atoms. The maximum absolute atomic E-state index is 13.9. The van der Waals surface area contributed by atoms with E-state index in [2.05, 4.69) is 15.7 Å². The van der Waals surface area contributed by atoms with Gasteiger partial charge in [-0.05, 0) is 79.1 Å². The van der Waals surface area contributed by atoms with Crippen LogP contribution in [0.4, 0.5) is 8.78 Å². The van der Waals surface area contributed by atoms with Gasteiger partial charge in [-0.25, -0.2) is 18.4 Å². The summed E-state index contributed by atoms with van der Waals surface area (Å²) in [5.41, 5.74) is 4.80. The Bertz CT molecular complexity index is 1900. The number of carbonyl (C=O) groups is 1. The first-order chi connectivity index (χ1) is 20.0. The molecule has 6 nitrogen and oxygen atoms in total. The van der Waals surface area contributed by atoms with Crippen LogP contribution < -0.4 is 0 Å². The van der Waals surface area contributed by atoms with Crippen LogP contribution in [0.1, 0.15) is 40.5 Å². The number of hydrogen-bond acceptors (Lipinski definition) is 3. The molecular formula is C33H27F2N5O. The summed E-state index contributed by atoms with van der Waals surface area (Å²) >= 11 is 0. The highest BCUT2D eigenvalue weighted by atomic mass is 19.1. The van der Waals surface area contributed by atoms with E-state index in [4.69, 9.17) is 4.98 Å². The number of carbonyl (C=O) groups excluding carboxylic acids is 1. The number of imidazole rings is 1. The fourth-order valence-corrected chi connectivity index (χ4v) is 5.82. The van der Waals surface area contributed by atoms with Gasteiger partial charge >= 0.3 is 0 Å². The average molecular weight is 548 g/mol. The van der Waals surface area contributed by atoms with Crippen molar-refractivity contribution in [3.8, 4) is 5.69 Å². The zero-order chi connectivity index (χ0) is 27.9. The third-order valence-electron chi connectivity index (χ3n) is 7.89. The van der Waals surface area contributed by atoms with Crippen molar-refractivity contribution in [2.75, 3.05) is 13.1 Å². The number of halogens is 2. The van der Waals surface area contributed by atoms with Crippen molar-refractivity contribution in [1.82, 2.24) is 24.2 Å². The normalized spacial score (nSPS) is 14.2. The van der Waals surface area contributed by atoms with E-state index in [0.29, 0.717) is 30.9 Å². The molecule has 7 rings (SSSR count). The minimum Gasteiger partial charge on any atom is -0.339 e. The first-order valence-electron chi connectivity index (χ1n) is 13.8. The zero-order valence-corrected chi connectivity index (χ0v) is 22.3. The van der Waals surface area contributed by atoms with E-state index in [-0.39, 0.29) is 23.5 Å². The second-order valence-corrected chi connectivity index (χ2v) is 10.6. The van der Waals surface area contributed by atoms with E-state index in [9.17, 15) is 13.6 Å². The van der Waals surface area contributed by atoms with Crippen molar-refractivity contribution in [2.45, 2.75) is 25.3 Å². The molecule has 1 fully saturated rings. The third kappa shape index (κ3) is 4.86. The van der Waals surface area contributed by atoms with Gasteiger partial charge in [-0.3, -0.25) is 4.79 Å². The molecule has 8 heteroatoms. The number of amides is 1. The lowest BCUT2D eigenvalue weighted by Crippen LogP contribution is -2.38. The number of piperidine rings is 1. The molecule has 1 aliphatic rings. The fraction of sp³-hybridized carbons (Fsp3) is 0.182. The molecule has 0 N–H and O–H groups in total. The van der Waals surface area contributed by atoms with Gasteiger partial charge in [-0.1, -0.05) is 30.3 Å². The number of rotatable bonds is 5. The van der Waals surface area contributed by atoms with Gasteiger partial charge in [0.05, 0.1) is 22.2 Å². The lowest BCUT2D eigenvalue weighted by molar-refractivity contribution is 0.0710. The smallest absolute Gasteiger partial charge is 0.253 e. The molecule has 1 saturated heterocycles. The molecule has 0 atom stereocenters. The largest absolute Gasteiger partial charge is 0.339 e. The molecule has 2 aromatic heterocycles. The highest BCUT2D eigenvalue weighted by Crippen LogP contribution is 2.32. The van der Waals surface area contributed by atoms with Crippen molar-refractivity contribution < 1.29 is 13.6 Å². The predicted molar refractivity (Wildman–Crippen MR) is 154 cm³/mol. The van der Waals surface area contributed by atoms with Gasteiger partial charge in [0.15, 0.2) is 0 Å². The summed E-state index contributed by atoms with van der Waals surface area (Å²) in [6.07, 6.45) is 3.39. The van der Waals surface area contributed by atoms with Crippen LogP contribution in [-0.2, 0) is 6.54 Å². The molecule has 0 saturated carbocycles. The highest BCUT2D eigenvalue weighted by Gasteiger charge is 2.28. The number of para-hydroxylation sites is 2. The summed E-state index contributed by atoms with van der Waals surface area (Å²) in [6, 6.07) is 26.5. The highest BCUT2D eigenvalue weighted by molar-refractivity contribution is 5.98. The molecule has 0 radical (unpaired) electrons. The van der Waals surface area contributed by atoms with E-state index in [1.807, 2.05) is 47.5 Å². The molecular weight excluding hydrogens is 520 g/mol. The molecule has 4 aromatic carbocycles. The summed E-state index contributed by atoms with van der Waals surface area (Å²) in [6.45, 7) is 1.77. The molecule has 3 heterocycles. The van der Waals surface area contributed by atoms with Crippen molar-refractivity contribution in [3.63, 3.8) is 0 Å². The van der Waals surface area contributed by atoms with Gasteiger partial charge < -0.3 is 9.47 Å². The summed E-state index contributed by atoms with van der Waals surface area (Å²) in [7, 11) is 0. The number of hydrogen-bond donors (Lipinski definition) is 0. The number of fused-ring (bicyclic) bond motifs is 2. The van der Waals surface area contributed by atoms with Crippen LogP contribution in [0.3, 0.4) is 0 Å². The SMILES string of the molecule is O=C(c1ccc2nn(-c3cccc(F)c3)cc2c1)N1CCC(c2nc3ccccc3n2Cc2cccc(F)c2)CC1. The Hall–Kier alpha value is -4.85. The summed E-state index contributed by atoms with van der Waals surface area (Å²) in [5.74, 6) is 0.573. The fourth-order valence-electron chi connectivity index (χ4n) is 5.82. The van der Waals surface area contributed by atoms with E-state index in [1.54, 1.807) is 35.0 Å². The van der Waals surface area contributed by atoms with Gasteiger partial charge in [0, 0.05) is 42.7 Å². The van der Waals surface area contributed by atoms with Crippen molar-refractivity contribution >= 4 is 27.8 Å². The molecule has 6 aromatic rings. The Kier molecular flexibility index (Phi) is 6.30. The van der Waals surface area contributed by atoms with Gasteiger partial charge in [-0.15, -0.1) is 0 Å². The number of benzene rings is 4. The maximum Gasteiger partial charge on any atom is 0.253 e. The van der Waals surface area contributed by atoms with Crippen molar-refractivity contribution in [1.29, 1.82) is 0 Å². The van der Waals surface area contributed by atoms with E-state index in [1.165, 1.54) is 18.2 Å². The number of likely N-dealkylation sites (tertiary alicyclic amines) is 1. The summed E-state index contributed by atoms with van der Waals surface area (Å²) in [4.78, 5) is 20.4. The molecule has 204 valence electrons.